The monoisotopic (exact) mass is 400 g/mol. The van der Waals surface area contributed by atoms with Gasteiger partial charge < -0.3 is 4.90 Å². The molecule has 0 radical (unpaired) electrons. The minimum atomic E-state index is 0.896. The number of nitrogens with zero attached hydrogens (tertiary/aromatic N) is 2. The van der Waals surface area contributed by atoms with Crippen molar-refractivity contribution in [2.75, 3.05) is 6.54 Å². The molecule has 0 saturated heterocycles. The van der Waals surface area contributed by atoms with E-state index in [-0.39, 0.29) is 0 Å². The van der Waals surface area contributed by atoms with E-state index in [1.807, 2.05) is 6.92 Å². The van der Waals surface area contributed by atoms with Crippen LogP contribution in [0.5, 0.6) is 0 Å². The molecule has 0 aliphatic rings. The summed E-state index contributed by atoms with van der Waals surface area (Å²) < 4.78 is 0. The van der Waals surface area contributed by atoms with Gasteiger partial charge in [-0.25, -0.2) is 0 Å². The number of allylic oxidation sites excluding steroid dienone is 3. The van der Waals surface area contributed by atoms with Gasteiger partial charge >= 0.3 is 0 Å². The fourth-order valence-corrected chi connectivity index (χ4v) is 3.64. The van der Waals surface area contributed by atoms with Crippen molar-refractivity contribution in [3.8, 4) is 0 Å². The molecule has 0 unspecified atom stereocenters. The normalized spacial score (nSPS) is 12.4. The SMILES string of the molecule is C=C(C)N(CCC)C(=C)/C(CCc1ccccc1)=C(\C)N=C(C)c1cccc(C)c1. The van der Waals surface area contributed by atoms with Crippen LogP contribution in [0.1, 0.15) is 57.2 Å². The van der Waals surface area contributed by atoms with Crippen molar-refractivity contribution >= 4 is 5.71 Å². The maximum atomic E-state index is 5.00. The fourth-order valence-electron chi connectivity index (χ4n) is 3.64. The molecule has 0 aliphatic carbocycles. The van der Waals surface area contributed by atoms with Gasteiger partial charge in [-0.05, 0) is 63.7 Å². The highest BCUT2D eigenvalue weighted by atomic mass is 15.1. The van der Waals surface area contributed by atoms with E-state index in [4.69, 9.17) is 4.99 Å². The Balaban J connectivity index is 2.42. The van der Waals surface area contributed by atoms with Crippen LogP contribution in [0.25, 0.3) is 0 Å². The Morgan fingerprint density at radius 3 is 2.27 bits per heavy atom. The zero-order valence-electron chi connectivity index (χ0n) is 19.3. The van der Waals surface area contributed by atoms with Crippen molar-refractivity contribution in [2.45, 2.75) is 53.9 Å². The first kappa shape index (κ1) is 23.4. The number of aliphatic imine (C=N–C) groups is 1. The average molecular weight is 401 g/mol. The predicted molar refractivity (Wildman–Crippen MR) is 132 cm³/mol. The molecule has 0 aliphatic heterocycles. The van der Waals surface area contributed by atoms with E-state index in [0.29, 0.717) is 0 Å². The molecule has 2 aromatic carbocycles. The van der Waals surface area contributed by atoms with Gasteiger partial charge in [-0.1, -0.05) is 80.2 Å². The van der Waals surface area contributed by atoms with Crippen molar-refractivity contribution < 1.29 is 0 Å². The smallest absolute Gasteiger partial charge is 0.0448 e. The highest BCUT2D eigenvalue weighted by Gasteiger charge is 2.15. The van der Waals surface area contributed by atoms with Crippen molar-refractivity contribution in [2.24, 2.45) is 4.99 Å². The standard InChI is InChI=1S/C28H36N2/c1-8-19-30(21(2)3)25(7)28(18-17-26-14-10-9-11-15-26)24(6)29-23(5)27-16-12-13-22(4)20-27/h9-16,20H,2,7-8,17-19H2,1,3-6H3/b28-24+,29-23?. The van der Waals surface area contributed by atoms with Crippen molar-refractivity contribution in [3.63, 3.8) is 0 Å². The third-order valence-electron chi connectivity index (χ3n) is 5.30. The summed E-state index contributed by atoms with van der Waals surface area (Å²) in [6.45, 7) is 20.1. The van der Waals surface area contributed by atoms with Crippen LogP contribution in [0.3, 0.4) is 0 Å². The summed E-state index contributed by atoms with van der Waals surface area (Å²) in [5.74, 6) is 0. The Kier molecular flexibility index (Phi) is 8.86. The van der Waals surface area contributed by atoms with Crippen molar-refractivity contribution in [1.82, 2.24) is 4.90 Å². The van der Waals surface area contributed by atoms with Crippen LogP contribution >= 0.6 is 0 Å². The Labute approximate surface area is 183 Å². The Bertz CT molecular complexity index is 932. The number of hydrogen-bond acceptors (Lipinski definition) is 2. The summed E-state index contributed by atoms with van der Waals surface area (Å²) in [5, 5.41) is 0. The molecule has 2 aromatic rings. The number of hydrogen-bond donors (Lipinski definition) is 0. The van der Waals surface area contributed by atoms with Crippen LogP contribution in [0.15, 0.2) is 95.4 Å². The van der Waals surface area contributed by atoms with Crippen LogP contribution in [0.4, 0.5) is 0 Å². The maximum absolute atomic E-state index is 5.00. The molecule has 0 saturated carbocycles. The molecule has 0 atom stereocenters. The summed E-state index contributed by atoms with van der Waals surface area (Å²) in [6.07, 6.45) is 2.90. The number of rotatable bonds is 10. The Hall–Kier alpha value is -2.87. The van der Waals surface area contributed by atoms with Gasteiger partial charge in [0.25, 0.3) is 0 Å². The molecular formula is C28H36N2. The van der Waals surface area contributed by atoms with Crippen molar-refractivity contribution in [3.05, 3.63) is 107 Å². The molecule has 0 N–H and O–H groups in total. The van der Waals surface area contributed by atoms with E-state index >= 15 is 0 Å². The molecule has 0 aromatic heterocycles. The average Bonchev–Trinajstić information content (AvgIpc) is 2.72. The van der Waals surface area contributed by atoms with E-state index in [1.165, 1.54) is 16.7 Å². The summed E-state index contributed by atoms with van der Waals surface area (Å²) in [6, 6.07) is 19.1. The van der Waals surface area contributed by atoms with Crippen LogP contribution in [0.2, 0.25) is 0 Å². The molecule has 0 fully saturated rings. The van der Waals surface area contributed by atoms with Crippen LogP contribution in [-0.2, 0) is 6.42 Å². The third-order valence-corrected chi connectivity index (χ3v) is 5.30. The van der Waals surface area contributed by atoms with Crippen LogP contribution in [0, 0.1) is 6.92 Å². The Morgan fingerprint density at radius 1 is 0.967 bits per heavy atom. The number of benzene rings is 2. The van der Waals surface area contributed by atoms with Crippen molar-refractivity contribution in [1.29, 1.82) is 0 Å². The first-order valence-electron chi connectivity index (χ1n) is 10.8. The zero-order chi connectivity index (χ0) is 22.1. The molecule has 2 heteroatoms. The van der Waals surface area contributed by atoms with Gasteiger partial charge in [-0.3, -0.25) is 4.99 Å². The molecule has 0 spiro atoms. The summed E-state index contributed by atoms with van der Waals surface area (Å²) >= 11 is 0. The molecule has 158 valence electrons. The molecule has 0 amide bonds. The van der Waals surface area contributed by atoms with Gasteiger partial charge in [-0.2, -0.15) is 0 Å². The van der Waals surface area contributed by atoms with Crippen LogP contribution in [-0.4, -0.2) is 17.2 Å². The van der Waals surface area contributed by atoms with Gasteiger partial charge in [0.05, 0.1) is 0 Å². The van der Waals surface area contributed by atoms with Gasteiger partial charge in [0.1, 0.15) is 0 Å². The lowest BCUT2D eigenvalue weighted by molar-refractivity contribution is 0.432. The topological polar surface area (TPSA) is 15.6 Å². The van der Waals surface area contributed by atoms with Gasteiger partial charge in [0, 0.05) is 29.3 Å². The van der Waals surface area contributed by atoms with E-state index in [2.05, 4.69) is 100 Å². The highest BCUT2D eigenvalue weighted by Crippen LogP contribution is 2.27. The summed E-state index contributed by atoms with van der Waals surface area (Å²) in [7, 11) is 0. The molecular weight excluding hydrogens is 364 g/mol. The lowest BCUT2D eigenvalue weighted by Gasteiger charge is -2.29. The summed E-state index contributed by atoms with van der Waals surface area (Å²) in [5.41, 5.74) is 9.01. The number of aryl methyl sites for hydroxylation is 2. The Morgan fingerprint density at radius 2 is 1.67 bits per heavy atom. The first-order chi connectivity index (χ1) is 14.3. The molecule has 0 bridgehead atoms. The second kappa shape index (κ2) is 11.3. The van der Waals surface area contributed by atoms with Gasteiger partial charge in [-0.15, -0.1) is 0 Å². The van der Waals surface area contributed by atoms with E-state index in [1.54, 1.807) is 0 Å². The van der Waals surface area contributed by atoms with E-state index < -0.39 is 0 Å². The largest absolute Gasteiger partial charge is 0.346 e. The molecule has 2 nitrogen and oxygen atoms in total. The second-order valence-corrected chi connectivity index (χ2v) is 7.95. The summed E-state index contributed by atoms with van der Waals surface area (Å²) in [4.78, 5) is 7.23. The van der Waals surface area contributed by atoms with Crippen LogP contribution < -0.4 is 0 Å². The fraction of sp³-hybridized carbons (Fsp3) is 0.321. The molecule has 0 heterocycles. The highest BCUT2D eigenvalue weighted by molar-refractivity contribution is 5.99. The van der Waals surface area contributed by atoms with Gasteiger partial charge in [0.2, 0.25) is 0 Å². The lowest BCUT2D eigenvalue weighted by Crippen LogP contribution is -2.23. The second-order valence-electron chi connectivity index (χ2n) is 7.95. The minimum Gasteiger partial charge on any atom is -0.346 e. The lowest BCUT2D eigenvalue weighted by atomic mass is 9.99. The minimum absolute atomic E-state index is 0.896. The van der Waals surface area contributed by atoms with E-state index in [9.17, 15) is 0 Å². The predicted octanol–water partition coefficient (Wildman–Crippen LogP) is 7.47. The third kappa shape index (κ3) is 6.59. The van der Waals surface area contributed by atoms with E-state index in [0.717, 1.165) is 54.2 Å². The first-order valence-corrected chi connectivity index (χ1v) is 10.8. The van der Waals surface area contributed by atoms with Gasteiger partial charge in [0.15, 0.2) is 0 Å². The quantitative estimate of drug-likeness (QED) is 0.298. The zero-order valence-corrected chi connectivity index (χ0v) is 19.3. The maximum Gasteiger partial charge on any atom is 0.0448 e. The molecule has 30 heavy (non-hydrogen) atoms. The molecule has 2 rings (SSSR count).